The van der Waals surface area contributed by atoms with Crippen molar-refractivity contribution in [2.24, 2.45) is 11.7 Å². The molecule has 2 N–H and O–H groups in total. The van der Waals surface area contributed by atoms with Crippen LogP contribution in [0.5, 0.6) is 0 Å². The van der Waals surface area contributed by atoms with Crippen LogP contribution < -0.4 is 5.73 Å². The van der Waals surface area contributed by atoms with Gasteiger partial charge in [0.05, 0.1) is 10.5 Å². The summed E-state index contributed by atoms with van der Waals surface area (Å²) in [5, 5.41) is 0.279. The third kappa shape index (κ3) is 4.94. The zero-order valence-corrected chi connectivity index (χ0v) is 16.4. The van der Waals surface area contributed by atoms with Crippen molar-refractivity contribution in [1.29, 1.82) is 0 Å². The lowest BCUT2D eigenvalue weighted by molar-refractivity contribution is 0.00649. The Kier molecular flexibility index (Phi) is 6.14. The van der Waals surface area contributed by atoms with Crippen LogP contribution in [0.15, 0.2) is 23.1 Å². The molecule has 2 rings (SSSR count). The van der Waals surface area contributed by atoms with Crippen LogP contribution in [0.1, 0.15) is 44.0 Å². The van der Waals surface area contributed by atoms with Crippen molar-refractivity contribution in [2.75, 3.05) is 19.6 Å². The van der Waals surface area contributed by atoms with Gasteiger partial charge in [-0.1, -0.05) is 11.6 Å². The zero-order valence-electron chi connectivity index (χ0n) is 14.8. The fourth-order valence-electron chi connectivity index (χ4n) is 2.74. The standard InChI is InChI=1S/C17H25ClN2O4S/c1-17(2,3)24-16(21)14-10-13(18)4-5-15(14)25(22,23)20-8-6-12(11-19)7-9-20/h4-5,10,12H,6-9,11,19H2,1-3H3. The summed E-state index contributed by atoms with van der Waals surface area (Å²) >= 11 is 5.98. The Morgan fingerprint density at radius 3 is 2.44 bits per heavy atom. The van der Waals surface area contributed by atoms with Crippen molar-refractivity contribution in [2.45, 2.75) is 44.1 Å². The smallest absolute Gasteiger partial charge is 0.340 e. The van der Waals surface area contributed by atoms with Crippen molar-refractivity contribution in [3.8, 4) is 0 Å². The van der Waals surface area contributed by atoms with Gasteiger partial charge in [-0.3, -0.25) is 0 Å². The van der Waals surface area contributed by atoms with E-state index < -0.39 is 21.6 Å². The molecule has 0 aliphatic carbocycles. The first-order valence-electron chi connectivity index (χ1n) is 8.27. The molecule has 0 atom stereocenters. The van der Waals surface area contributed by atoms with Gasteiger partial charge in [-0.25, -0.2) is 13.2 Å². The summed E-state index contributed by atoms with van der Waals surface area (Å²) in [6, 6.07) is 4.18. The van der Waals surface area contributed by atoms with Crippen LogP contribution in [0.25, 0.3) is 0 Å². The highest BCUT2D eigenvalue weighted by molar-refractivity contribution is 7.89. The van der Waals surface area contributed by atoms with Crippen molar-refractivity contribution in [3.63, 3.8) is 0 Å². The highest BCUT2D eigenvalue weighted by atomic mass is 35.5. The van der Waals surface area contributed by atoms with Crippen LogP contribution in [0.4, 0.5) is 0 Å². The average Bonchev–Trinajstić information content (AvgIpc) is 2.53. The molecule has 1 aliphatic heterocycles. The minimum absolute atomic E-state index is 0.0385. The largest absolute Gasteiger partial charge is 0.456 e. The molecule has 140 valence electrons. The molecule has 0 spiro atoms. The summed E-state index contributed by atoms with van der Waals surface area (Å²) in [5.41, 5.74) is 4.89. The second kappa shape index (κ2) is 7.61. The van der Waals surface area contributed by atoms with E-state index in [1.54, 1.807) is 20.8 Å². The van der Waals surface area contributed by atoms with Gasteiger partial charge in [0.25, 0.3) is 0 Å². The molecule has 1 aromatic carbocycles. The Labute approximate surface area is 154 Å². The highest BCUT2D eigenvalue weighted by Crippen LogP contribution is 2.28. The fourth-order valence-corrected chi connectivity index (χ4v) is 4.55. The maximum atomic E-state index is 13.0. The average molecular weight is 389 g/mol. The van der Waals surface area contributed by atoms with Gasteiger partial charge in [-0.2, -0.15) is 4.31 Å². The number of halogens is 1. The summed E-state index contributed by atoms with van der Waals surface area (Å²) in [4.78, 5) is 12.4. The molecule has 0 radical (unpaired) electrons. The number of carbonyl (C=O) groups is 1. The number of nitrogens with two attached hydrogens (primary N) is 1. The maximum absolute atomic E-state index is 13.0. The molecule has 0 aromatic heterocycles. The van der Waals surface area contributed by atoms with E-state index in [0.29, 0.717) is 38.4 Å². The first-order valence-corrected chi connectivity index (χ1v) is 10.1. The van der Waals surface area contributed by atoms with Crippen molar-refractivity contribution in [1.82, 2.24) is 4.31 Å². The molecule has 0 amide bonds. The van der Waals surface area contributed by atoms with Gasteiger partial charge in [0.15, 0.2) is 0 Å². The maximum Gasteiger partial charge on any atom is 0.340 e. The second-order valence-electron chi connectivity index (χ2n) is 7.23. The molecule has 0 unspecified atom stereocenters. The Morgan fingerprint density at radius 1 is 1.32 bits per heavy atom. The number of benzene rings is 1. The van der Waals surface area contributed by atoms with Crippen LogP contribution >= 0.6 is 11.6 Å². The van der Waals surface area contributed by atoms with Gasteiger partial charge in [0, 0.05) is 18.1 Å². The second-order valence-corrected chi connectivity index (χ2v) is 9.57. The summed E-state index contributed by atoms with van der Waals surface area (Å²) in [7, 11) is -3.81. The Morgan fingerprint density at radius 2 is 1.92 bits per heavy atom. The van der Waals surface area contributed by atoms with Crippen LogP contribution in [0, 0.1) is 5.92 Å². The molecule has 1 aromatic rings. The molecule has 1 aliphatic rings. The van der Waals surface area contributed by atoms with E-state index in [0.717, 1.165) is 0 Å². The van der Waals surface area contributed by atoms with E-state index in [-0.39, 0.29) is 15.5 Å². The Balaban J connectivity index is 2.36. The van der Waals surface area contributed by atoms with E-state index in [2.05, 4.69) is 0 Å². The number of carbonyl (C=O) groups excluding carboxylic acids is 1. The highest BCUT2D eigenvalue weighted by Gasteiger charge is 2.33. The molecular weight excluding hydrogens is 364 g/mol. The Hall–Kier alpha value is -1.15. The van der Waals surface area contributed by atoms with E-state index in [1.807, 2.05) is 0 Å². The van der Waals surface area contributed by atoms with E-state index in [1.165, 1.54) is 22.5 Å². The number of esters is 1. The molecule has 1 fully saturated rings. The van der Waals surface area contributed by atoms with Gasteiger partial charge in [0.1, 0.15) is 5.60 Å². The first kappa shape index (κ1) is 20.2. The minimum Gasteiger partial charge on any atom is -0.456 e. The summed E-state index contributed by atoms with van der Waals surface area (Å²) in [5.74, 6) is -0.368. The number of hydrogen-bond acceptors (Lipinski definition) is 5. The first-order chi connectivity index (χ1) is 11.5. The number of ether oxygens (including phenoxy) is 1. The van der Waals surface area contributed by atoms with E-state index in [9.17, 15) is 13.2 Å². The van der Waals surface area contributed by atoms with Crippen LogP contribution in [0.3, 0.4) is 0 Å². The molecule has 0 saturated carbocycles. The van der Waals surface area contributed by atoms with E-state index >= 15 is 0 Å². The topological polar surface area (TPSA) is 89.7 Å². The van der Waals surface area contributed by atoms with Crippen LogP contribution in [-0.4, -0.2) is 43.9 Å². The monoisotopic (exact) mass is 388 g/mol. The number of sulfonamides is 1. The molecule has 8 heteroatoms. The normalized spacial score (nSPS) is 17.5. The van der Waals surface area contributed by atoms with Gasteiger partial charge >= 0.3 is 5.97 Å². The third-order valence-electron chi connectivity index (χ3n) is 4.09. The van der Waals surface area contributed by atoms with Gasteiger partial charge in [0.2, 0.25) is 10.0 Å². The SMILES string of the molecule is CC(C)(C)OC(=O)c1cc(Cl)ccc1S(=O)(=O)N1CCC(CN)CC1. The quantitative estimate of drug-likeness (QED) is 0.801. The van der Waals surface area contributed by atoms with Crippen LogP contribution in [0.2, 0.25) is 5.02 Å². The number of piperidine rings is 1. The molecule has 25 heavy (non-hydrogen) atoms. The van der Waals surface area contributed by atoms with Gasteiger partial charge in [-0.05, 0) is 64.3 Å². The zero-order chi connectivity index (χ0) is 18.8. The fraction of sp³-hybridized carbons (Fsp3) is 0.588. The predicted molar refractivity (Wildman–Crippen MR) is 97.2 cm³/mol. The summed E-state index contributed by atoms with van der Waals surface area (Å²) < 4.78 is 32.8. The number of rotatable bonds is 4. The molecule has 1 heterocycles. The van der Waals surface area contributed by atoms with Gasteiger partial charge < -0.3 is 10.5 Å². The summed E-state index contributed by atoms with van der Waals surface area (Å²) in [6.45, 7) is 6.50. The third-order valence-corrected chi connectivity index (χ3v) is 6.28. The molecule has 0 bridgehead atoms. The molecule has 1 saturated heterocycles. The lowest BCUT2D eigenvalue weighted by Gasteiger charge is -2.31. The molecular formula is C17H25ClN2O4S. The Bertz CT molecular complexity index is 736. The molecule has 6 nitrogen and oxygen atoms in total. The van der Waals surface area contributed by atoms with Gasteiger partial charge in [-0.15, -0.1) is 0 Å². The van der Waals surface area contributed by atoms with Crippen molar-refractivity contribution >= 4 is 27.6 Å². The van der Waals surface area contributed by atoms with Crippen molar-refractivity contribution in [3.05, 3.63) is 28.8 Å². The number of hydrogen-bond donors (Lipinski definition) is 1. The number of nitrogens with zero attached hydrogens (tertiary/aromatic N) is 1. The minimum atomic E-state index is -3.81. The van der Waals surface area contributed by atoms with E-state index in [4.69, 9.17) is 22.1 Å². The van der Waals surface area contributed by atoms with Crippen molar-refractivity contribution < 1.29 is 17.9 Å². The predicted octanol–water partition coefficient (Wildman–Crippen LogP) is 2.65. The lowest BCUT2D eigenvalue weighted by Crippen LogP contribution is -2.40. The van der Waals surface area contributed by atoms with Crippen LogP contribution in [-0.2, 0) is 14.8 Å². The summed E-state index contributed by atoms with van der Waals surface area (Å²) in [6.07, 6.45) is 1.43. The lowest BCUT2D eigenvalue weighted by atomic mass is 9.99.